The smallest absolute Gasteiger partial charge is 0.267 e. The van der Waals surface area contributed by atoms with Gasteiger partial charge in [-0.2, -0.15) is 0 Å². The summed E-state index contributed by atoms with van der Waals surface area (Å²) in [5.41, 5.74) is 0.465. The zero-order chi connectivity index (χ0) is 13.1. The minimum atomic E-state index is -0.249. The Labute approximate surface area is 120 Å². The van der Waals surface area contributed by atoms with Crippen LogP contribution in [0.5, 0.6) is 5.75 Å². The standard InChI is InChI=1S/C11H9Br2N3O2/c1-18-8-3-2-6(12)4-7(8)16-10-9(13)11(17)15-5-14-10/h2-5H,1H3,(H2,14,15,16,17). The molecule has 2 N–H and O–H groups in total. The Bertz CT molecular complexity index is 628. The molecule has 0 atom stereocenters. The van der Waals surface area contributed by atoms with E-state index in [1.807, 2.05) is 18.2 Å². The molecule has 0 aliphatic rings. The minimum Gasteiger partial charge on any atom is -0.495 e. The van der Waals surface area contributed by atoms with Crippen LogP contribution in [0, 0.1) is 0 Å². The number of aromatic amines is 1. The Kier molecular flexibility index (Phi) is 4.03. The fourth-order valence-corrected chi connectivity index (χ4v) is 2.05. The summed E-state index contributed by atoms with van der Waals surface area (Å²) in [6, 6.07) is 5.52. The summed E-state index contributed by atoms with van der Waals surface area (Å²) in [7, 11) is 1.58. The Morgan fingerprint density at radius 2 is 2.17 bits per heavy atom. The van der Waals surface area contributed by atoms with Gasteiger partial charge in [-0.15, -0.1) is 0 Å². The number of rotatable bonds is 3. The third kappa shape index (κ3) is 2.73. The van der Waals surface area contributed by atoms with Gasteiger partial charge in [-0.05, 0) is 34.1 Å². The number of aromatic nitrogens is 2. The van der Waals surface area contributed by atoms with Crippen LogP contribution in [0.3, 0.4) is 0 Å². The first kappa shape index (κ1) is 13.1. The Morgan fingerprint density at radius 1 is 1.39 bits per heavy atom. The maximum atomic E-state index is 11.4. The molecule has 0 aliphatic carbocycles. The van der Waals surface area contributed by atoms with Gasteiger partial charge in [-0.25, -0.2) is 4.98 Å². The zero-order valence-electron chi connectivity index (χ0n) is 9.33. The van der Waals surface area contributed by atoms with Crippen LogP contribution in [-0.4, -0.2) is 17.1 Å². The number of nitrogens with one attached hydrogen (secondary N) is 2. The van der Waals surface area contributed by atoms with Crippen LogP contribution in [0.1, 0.15) is 0 Å². The molecule has 0 amide bonds. The molecule has 2 aromatic rings. The van der Waals surface area contributed by atoms with Crippen molar-refractivity contribution in [3.05, 3.63) is 43.8 Å². The molecule has 7 heteroatoms. The number of hydrogen-bond donors (Lipinski definition) is 2. The molecule has 0 aliphatic heterocycles. The highest BCUT2D eigenvalue weighted by Gasteiger charge is 2.09. The molecule has 0 radical (unpaired) electrons. The maximum Gasteiger partial charge on any atom is 0.267 e. The number of benzene rings is 1. The summed E-state index contributed by atoms with van der Waals surface area (Å²) < 4.78 is 6.47. The SMILES string of the molecule is COc1ccc(Br)cc1Nc1nc[nH]c(=O)c1Br. The molecule has 18 heavy (non-hydrogen) atoms. The quantitative estimate of drug-likeness (QED) is 0.866. The van der Waals surface area contributed by atoms with E-state index in [9.17, 15) is 4.79 Å². The summed E-state index contributed by atoms with van der Waals surface area (Å²) in [6.45, 7) is 0. The van der Waals surface area contributed by atoms with E-state index in [1.165, 1.54) is 6.33 Å². The fourth-order valence-electron chi connectivity index (χ4n) is 1.38. The Morgan fingerprint density at radius 3 is 2.89 bits per heavy atom. The highest BCUT2D eigenvalue weighted by atomic mass is 79.9. The van der Waals surface area contributed by atoms with E-state index in [1.54, 1.807) is 7.11 Å². The zero-order valence-corrected chi connectivity index (χ0v) is 12.5. The van der Waals surface area contributed by atoms with Gasteiger partial charge in [0.2, 0.25) is 0 Å². The van der Waals surface area contributed by atoms with Crippen LogP contribution < -0.4 is 15.6 Å². The largest absolute Gasteiger partial charge is 0.495 e. The number of methoxy groups -OCH3 is 1. The van der Waals surface area contributed by atoms with Crippen molar-refractivity contribution in [1.82, 2.24) is 9.97 Å². The average Bonchev–Trinajstić information content (AvgIpc) is 2.35. The number of hydrogen-bond acceptors (Lipinski definition) is 4. The van der Waals surface area contributed by atoms with Gasteiger partial charge in [0, 0.05) is 4.47 Å². The molecule has 1 aromatic carbocycles. The van der Waals surface area contributed by atoms with Crippen molar-refractivity contribution in [2.45, 2.75) is 0 Å². The predicted octanol–water partition coefficient (Wildman–Crippen LogP) is 3.05. The summed E-state index contributed by atoms with van der Waals surface area (Å²) in [5, 5.41) is 3.04. The van der Waals surface area contributed by atoms with E-state index >= 15 is 0 Å². The minimum absolute atomic E-state index is 0.249. The average molecular weight is 375 g/mol. The maximum absolute atomic E-state index is 11.4. The van der Waals surface area contributed by atoms with Crippen molar-refractivity contribution >= 4 is 43.4 Å². The second kappa shape index (κ2) is 5.53. The number of anilines is 2. The van der Waals surface area contributed by atoms with E-state index < -0.39 is 0 Å². The molecule has 0 bridgehead atoms. The second-order valence-electron chi connectivity index (χ2n) is 3.36. The normalized spacial score (nSPS) is 10.2. The molecule has 94 valence electrons. The van der Waals surface area contributed by atoms with Crippen LogP contribution in [-0.2, 0) is 0 Å². The molecule has 0 saturated heterocycles. The van der Waals surface area contributed by atoms with Crippen molar-refractivity contribution in [2.75, 3.05) is 12.4 Å². The molecular weight excluding hydrogens is 366 g/mol. The number of H-pyrrole nitrogens is 1. The molecule has 0 saturated carbocycles. The van der Waals surface area contributed by atoms with E-state index in [2.05, 4.69) is 47.1 Å². The predicted molar refractivity (Wildman–Crippen MR) is 76.5 cm³/mol. The topological polar surface area (TPSA) is 67.0 Å². The Balaban J connectivity index is 2.42. The van der Waals surface area contributed by atoms with Gasteiger partial charge in [0.1, 0.15) is 10.2 Å². The first-order valence-electron chi connectivity index (χ1n) is 4.95. The first-order valence-corrected chi connectivity index (χ1v) is 6.54. The van der Waals surface area contributed by atoms with E-state index in [-0.39, 0.29) is 5.56 Å². The molecule has 0 spiro atoms. The molecular formula is C11H9Br2N3O2. The molecule has 0 fully saturated rings. The van der Waals surface area contributed by atoms with Crippen molar-refractivity contribution in [2.24, 2.45) is 0 Å². The fraction of sp³-hybridized carbons (Fsp3) is 0.0909. The van der Waals surface area contributed by atoms with Crippen LogP contribution in [0.2, 0.25) is 0 Å². The number of nitrogens with zero attached hydrogens (tertiary/aromatic N) is 1. The van der Waals surface area contributed by atoms with Gasteiger partial charge in [0.15, 0.2) is 5.82 Å². The van der Waals surface area contributed by atoms with Gasteiger partial charge < -0.3 is 15.0 Å². The van der Waals surface area contributed by atoms with Crippen molar-refractivity contribution in [3.8, 4) is 5.75 Å². The van der Waals surface area contributed by atoms with Crippen molar-refractivity contribution < 1.29 is 4.74 Å². The number of ether oxygens (including phenoxy) is 1. The first-order chi connectivity index (χ1) is 8.61. The van der Waals surface area contributed by atoms with Crippen LogP contribution >= 0.6 is 31.9 Å². The monoisotopic (exact) mass is 373 g/mol. The third-order valence-corrected chi connectivity index (χ3v) is 3.44. The number of halogens is 2. The summed E-state index contributed by atoms with van der Waals surface area (Å²) in [5.74, 6) is 1.09. The lowest BCUT2D eigenvalue weighted by atomic mass is 10.3. The van der Waals surface area contributed by atoms with Gasteiger partial charge in [-0.3, -0.25) is 4.79 Å². The van der Waals surface area contributed by atoms with Crippen LogP contribution in [0.4, 0.5) is 11.5 Å². The van der Waals surface area contributed by atoms with Crippen LogP contribution in [0.25, 0.3) is 0 Å². The van der Waals surface area contributed by atoms with Crippen molar-refractivity contribution in [3.63, 3.8) is 0 Å². The van der Waals surface area contributed by atoms with Gasteiger partial charge in [-0.1, -0.05) is 15.9 Å². The van der Waals surface area contributed by atoms with Gasteiger partial charge >= 0.3 is 0 Å². The summed E-state index contributed by atoms with van der Waals surface area (Å²) >= 11 is 6.56. The molecule has 1 aromatic heterocycles. The van der Waals surface area contributed by atoms with E-state index in [0.29, 0.717) is 21.7 Å². The van der Waals surface area contributed by atoms with Gasteiger partial charge in [0.25, 0.3) is 5.56 Å². The molecule has 2 rings (SSSR count). The summed E-state index contributed by atoms with van der Waals surface area (Å²) in [6.07, 6.45) is 1.33. The summed E-state index contributed by atoms with van der Waals surface area (Å²) in [4.78, 5) is 18.0. The lowest BCUT2D eigenvalue weighted by Crippen LogP contribution is -2.10. The Hall–Kier alpha value is -1.34. The van der Waals surface area contributed by atoms with Crippen molar-refractivity contribution in [1.29, 1.82) is 0 Å². The lowest BCUT2D eigenvalue weighted by molar-refractivity contribution is 0.416. The van der Waals surface area contributed by atoms with Gasteiger partial charge in [0.05, 0.1) is 19.1 Å². The highest BCUT2D eigenvalue weighted by Crippen LogP contribution is 2.31. The third-order valence-electron chi connectivity index (χ3n) is 2.21. The second-order valence-corrected chi connectivity index (χ2v) is 5.07. The molecule has 1 heterocycles. The van der Waals surface area contributed by atoms with E-state index in [4.69, 9.17) is 4.74 Å². The highest BCUT2D eigenvalue weighted by molar-refractivity contribution is 9.10. The lowest BCUT2D eigenvalue weighted by Gasteiger charge is -2.11. The molecule has 5 nitrogen and oxygen atoms in total. The van der Waals surface area contributed by atoms with E-state index in [0.717, 1.165) is 4.47 Å². The molecule has 0 unspecified atom stereocenters. The van der Waals surface area contributed by atoms with Crippen LogP contribution in [0.15, 0.2) is 38.3 Å².